The molecule has 0 aliphatic carbocycles. The number of carbonyl (C=O) groups is 2. The van der Waals surface area contributed by atoms with E-state index < -0.39 is 21.7 Å². The molecule has 6 nitrogen and oxygen atoms in total. The second-order valence-electron chi connectivity index (χ2n) is 6.37. The minimum atomic E-state index is -3.69. The Morgan fingerprint density at radius 3 is 2.33 bits per heavy atom. The number of sulfone groups is 1. The van der Waals surface area contributed by atoms with E-state index in [2.05, 4.69) is 5.32 Å². The fourth-order valence-electron chi connectivity index (χ4n) is 2.85. The number of nitrogens with one attached hydrogen (secondary N) is 1. The first-order valence-electron chi connectivity index (χ1n) is 8.88. The average Bonchev–Trinajstić information content (AvgIpc) is 2.74. The lowest BCUT2D eigenvalue weighted by molar-refractivity contribution is -0.115. The van der Waals surface area contributed by atoms with Crippen LogP contribution in [-0.2, 0) is 25.8 Å². The molecule has 1 N–H and O–H groups in total. The monoisotopic (exact) mass is 443 g/mol. The van der Waals surface area contributed by atoms with Crippen molar-refractivity contribution in [2.24, 2.45) is 0 Å². The summed E-state index contributed by atoms with van der Waals surface area (Å²) in [5.41, 5.74) is 0.884. The lowest BCUT2D eigenvalue weighted by Crippen LogP contribution is -2.17. The van der Waals surface area contributed by atoms with Crippen molar-refractivity contribution < 1.29 is 22.7 Å². The molecule has 30 heavy (non-hydrogen) atoms. The van der Waals surface area contributed by atoms with Crippen molar-refractivity contribution in [3.8, 4) is 0 Å². The summed E-state index contributed by atoms with van der Waals surface area (Å²) in [6.07, 6.45) is -0.0920. The Morgan fingerprint density at radius 2 is 1.63 bits per heavy atom. The predicted octanol–water partition coefficient (Wildman–Crippen LogP) is 4.14. The highest BCUT2D eigenvalue weighted by Crippen LogP contribution is 2.24. The zero-order chi connectivity index (χ0) is 21.7. The number of benzene rings is 3. The van der Waals surface area contributed by atoms with Gasteiger partial charge in [-0.1, -0.05) is 41.9 Å². The quantitative estimate of drug-likeness (QED) is 0.578. The molecule has 0 aliphatic heterocycles. The van der Waals surface area contributed by atoms with Gasteiger partial charge in [0, 0.05) is 5.02 Å². The Kier molecular flexibility index (Phi) is 6.54. The Balaban J connectivity index is 1.82. The lowest BCUT2D eigenvalue weighted by atomic mass is 10.1. The lowest BCUT2D eigenvalue weighted by Gasteiger charge is -2.11. The van der Waals surface area contributed by atoms with E-state index in [1.165, 1.54) is 49.6 Å². The van der Waals surface area contributed by atoms with Gasteiger partial charge in [-0.05, 0) is 48.0 Å². The Hall–Kier alpha value is -3.16. The number of esters is 1. The molecule has 3 aromatic carbocycles. The predicted molar refractivity (Wildman–Crippen MR) is 113 cm³/mol. The van der Waals surface area contributed by atoms with E-state index in [0.717, 1.165) is 0 Å². The number of halogens is 1. The molecular weight excluding hydrogens is 426 g/mol. The number of methoxy groups -OCH3 is 1. The molecule has 0 radical (unpaired) electrons. The first-order valence-corrected chi connectivity index (χ1v) is 10.7. The molecule has 0 aromatic heterocycles. The number of hydrogen-bond donors (Lipinski definition) is 1. The van der Waals surface area contributed by atoms with E-state index in [1.807, 2.05) is 0 Å². The highest BCUT2D eigenvalue weighted by atomic mass is 35.5. The van der Waals surface area contributed by atoms with Crippen LogP contribution in [0.15, 0.2) is 82.6 Å². The molecule has 0 heterocycles. The van der Waals surface area contributed by atoms with Gasteiger partial charge in [0.25, 0.3) is 0 Å². The fourth-order valence-corrected chi connectivity index (χ4v) is 4.37. The van der Waals surface area contributed by atoms with E-state index in [9.17, 15) is 18.0 Å². The van der Waals surface area contributed by atoms with Crippen molar-refractivity contribution in [2.45, 2.75) is 16.2 Å². The molecule has 0 saturated heterocycles. The van der Waals surface area contributed by atoms with Crippen molar-refractivity contribution >= 4 is 39.0 Å². The van der Waals surface area contributed by atoms with Gasteiger partial charge in [0.15, 0.2) is 0 Å². The number of rotatable bonds is 6. The highest BCUT2D eigenvalue weighted by Gasteiger charge is 2.19. The first-order chi connectivity index (χ1) is 14.3. The van der Waals surface area contributed by atoms with Gasteiger partial charge in [0.1, 0.15) is 0 Å². The summed E-state index contributed by atoms with van der Waals surface area (Å²) in [7, 11) is -2.46. The van der Waals surface area contributed by atoms with Gasteiger partial charge in [-0.2, -0.15) is 0 Å². The van der Waals surface area contributed by atoms with E-state index in [0.29, 0.717) is 10.6 Å². The molecule has 3 rings (SSSR count). The third-order valence-corrected chi connectivity index (χ3v) is 6.29. The third-order valence-electron chi connectivity index (χ3n) is 4.29. The number of anilines is 1. The number of carbonyl (C=O) groups excluding carboxylic acids is 2. The third kappa shape index (κ3) is 4.87. The minimum Gasteiger partial charge on any atom is -0.465 e. The van der Waals surface area contributed by atoms with E-state index in [1.54, 1.807) is 30.3 Å². The maximum atomic E-state index is 12.8. The molecular formula is C22H18ClNO5S. The summed E-state index contributed by atoms with van der Waals surface area (Å²) >= 11 is 5.97. The van der Waals surface area contributed by atoms with E-state index in [-0.39, 0.29) is 27.5 Å². The van der Waals surface area contributed by atoms with Gasteiger partial charge >= 0.3 is 5.97 Å². The van der Waals surface area contributed by atoms with Gasteiger partial charge < -0.3 is 10.1 Å². The molecule has 8 heteroatoms. The normalized spacial score (nSPS) is 11.0. The van der Waals surface area contributed by atoms with Crippen LogP contribution in [0.4, 0.5) is 5.69 Å². The molecule has 0 unspecified atom stereocenters. The van der Waals surface area contributed by atoms with Crippen LogP contribution in [0.5, 0.6) is 0 Å². The van der Waals surface area contributed by atoms with Crippen molar-refractivity contribution in [1.29, 1.82) is 0 Å². The molecule has 0 fully saturated rings. The fraction of sp³-hybridized carbons (Fsp3) is 0.0909. The molecule has 0 aliphatic rings. The minimum absolute atomic E-state index is 0.0920. The van der Waals surface area contributed by atoms with Crippen LogP contribution in [0.1, 0.15) is 15.9 Å². The van der Waals surface area contributed by atoms with Crippen LogP contribution in [-0.4, -0.2) is 27.4 Å². The van der Waals surface area contributed by atoms with Crippen LogP contribution in [0, 0.1) is 0 Å². The van der Waals surface area contributed by atoms with Crippen LogP contribution >= 0.6 is 11.6 Å². The maximum Gasteiger partial charge on any atom is 0.339 e. The molecule has 0 saturated carbocycles. The Morgan fingerprint density at radius 1 is 0.933 bits per heavy atom. The second-order valence-corrected chi connectivity index (χ2v) is 8.76. The van der Waals surface area contributed by atoms with Gasteiger partial charge in [-0.25, -0.2) is 13.2 Å². The van der Waals surface area contributed by atoms with Crippen molar-refractivity contribution in [3.05, 3.63) is 88.9 Å². The summed E-state index contributed by atoms with van der Waals surface area (Å²) in [4.78, 5) is 24.7. The first kappa shape index (κ1) is 21.5. The van der Waals surface area contributed by atoms with Gasteiger partial charge in [-0.15, -0.1) is 0 Å². The standard InChI is InChI=1S/C22H18ClNO5S/c1-29-22(26)19-11-10-16(23)14-20(19)24-21(25)13-15-6-5-9-18(12-15)30(27,28)17-7-3-2-4-8-17/h2-12,14H,13H2,1H3,(H,24,25). The van der Waals surface area contributed by atoms with E-state index >= 15 is 0 Å². The van der Waals surface area contributed by atoms with Crippen molar-refractivity contribution in [1.82, 2.24) is 0 Å². The smallest absolute Gasteiger partial charge is 0.339 e. The second kappa shape index (κ2) is 9.11. The molecule has 0 bridgehead atoms. The summed E-state index contributed by atoms with van der Waals surface area (Å²) in [6, 6.07) is 18.7. The average molecular weight is 444 g/mol. The summed E-state index contributed by atoms with van der Waals surface area (Å²) < 4.78 is 30.3. The Labute approximate surface area is 179 Å². The molecule has 3 aromatic rings. The zero-order valence-corrected chi connectivity index (χ0v) is 17.5. The summed E-state index contributed by atoms with van der Waals surface area (Å²) in [6.45, 7) is 0. The summed E-state index contributed by atoms with van der Waals surface area (Å²) in [5.74, 6) is -1.05. The molecule has 1 amide bonds. The van der Waals surface area contributed by atoms with Crippen molar-refractivity contribution in [2.75, 3.05) is 12.4 Å². The Bertz CT molecular complexity index is 1190. The number of ether oxygens (including phenoxy) is 1. The van der Waals surface area contributed by atoms with Crippen LogP contribution in [0.25, 0.3) is 0 Å². The SMILES string of the molecule is COC(=O)c1ccc(Cl)cc1NC(=O)Cc1cccc(S(=O)(=O)c2ccccc2)c1. The van der Waals surface area contributed by atoms with Gasteiger partial charge in [-0.3, -0.25) is 4.79 Å². The van der Waals surface area contributed by atoms with Crippen molar-refractivity contribution in [3.63, 3.8) is 0 Å². The van der Waals surface area contributed by atoms with Gasteiger partial charge in [0.2, 0.25) is 15.7 Å². The van der Waals surface area contributed by atoms with Crippen LogP contribution < -0.4 is 5.32 Å². The molecule has 0 atom stereocenters. The van der Waals surface area contributed by atoms with Crippen LogP contribution in [0.2, 0.25) is 5.02 Å². The zero-order valence-electron chi connectivity index (χ0n) is 16.0. The highest BCUT2D eigenvalue weighted by molar-refractivity contribution is 7.91. The number of amides is 1. The summed E-state index contributed by atoms with van der Waals surface area (Å²) in [5, 5.41) is 2.97. The van der Waals surface area contributed by atoms with Gasteiger partial charge in [0.05, 0.1) is 34.6 Å². The van der Waals surface area contributed by atoms with Crippen LogP contribution in [0.3, 0.4) is 0 Å². The maximum absolute atomic E-state index is 12.8. The van der Waals surface area contributed by atoms with E-state index in [4.69, 9.17) is 16.3 Å². The molecule has 154 valence electrons. The largest absolute Gasteiger partial charge is 0.465 e. The molecule has 0 spiro atoms. The number of hydrogen-bond acceptors (Lipinski definition) is 5. The topological polar surface area (TPSA) is 89.5 Å².